The van der Waals surface area contributed by atoms with Gasteiger partial charge in [0.2, 0.25) is 0 Å². The van der Waals surface area contributed by atoms with Crippen molar-refractivity contribution in [2.45, 2.75) is 0 Å². The fourth-order valence-electron chi connectivity index (χ4n) is 1.60. The number of hydrogen-bond acceptors (Lipinski definition) is 2. The Kier molecular flexibility index (Phi) is 3.76. The predicted octanol–water partition coefficient (Wildman–Crippen LogP) is 2.62. The summed E-state index contributed by atoms with van der Waals surface area (Å²) in [6, 6.07) is 18.9. The van der Waals surface area contributed by atoms with Crippen LogP contribution in [0.2, 0.25) is 0 Å². The second-order valence-electron chi connectivity index (χ2n) is 3.80. The number of nitrogens with one attached hydrogen (secondary N) is 1. The van der Waals surface area contributed by atoms with Gasteiger partial charge in [0.1, 0.15) is 0 Å². The van der Waals surface area contributed by atoms with Gasteiger partial charge in [-0.1, -0.05) is 48.5 Å². The van der Waals surface area contributed by atoms with Gasteiger partial charge in [-0.15, -0.1) is 0 Å². The molecule has 0 saturated carbocycles. The Morgan fingerprint density at radius 1 is 0.944 bits per heavy atom. The van der Waals surface area contributed by atoms with Gasteiger partial charge in [0.25, 0.3) is 5.91 Å². The molecule has 0 aliphatic carbocycles. The molecule has 1 amide bonds. The van der Waals surface area contributed by atoms with E-state index in [4.69, 9.17) is 5.73 Å². The van der Waals surface area contributed by atoms with Crippen LogP contribution in [0.5, 0.6) is 0 Å². The molecule has 0 saturated heterocycles. The van der Waals surface area contributed by atoms with Crippen LogP contribution in [0, 0.1) is 0 Å². The lowest BCUT2D eigenvalue weighted by Crippen LogP contribution is -2.14. The van der Waals surface area contributed by atoms with E-state index >= 15 is 0 Å². The topological polar surface area (TPSA) is 55.1 Å². The molecule has 0 spiro atoms. The third-order valence-electron chi connectivity index (χ3n) is 2.51. The van der Waals surface area contributed by atoms with E-state index in [-0.39, 0.29) is 0 Å². The molecule has 3 nitrogen and oxygen atoms in total. The van der Waals surface area contributed by atoms with E-state index in [0.29, 0.717) is 5.57 Å². The molecular formula is C15H14N2O. The zero-order valence-electron chi connectivity index (χ0n) is 9.84. The molecule has 3 N–H and O–H groups in total. The van der Waals surface area contributed by atoms with E-state index in [9.17, 15) is 4.79 Å². The highest BCUT2D eigenvalue weighted by Gasteiger charge is 2.06. The zero-order valence-corrected chi connectivity index (χ0v) is 9.84. The summed E-state index contributed by atoms with van der Waals surface area (Å²) in [5.41, 5.74) is 7.55. The van der Waals surface area contributed by atoms with Crippen molar-refractivity contribution in [3.05, 3.63) is 72.4 Å². The maximum absolute atomic E-state index is 11.4. The van der Waals surface area contributed by atoms with Crippen LogP contribution in [-0.2, 0) is 4.79 Å². The lowest BCUT2D eigenvalue weighted by Gasteiger charge is -2.05. The minimum atomic E-state index is -0.454. The summed E-state index contributed by atoms with van der Waals surface area (Å²) in [5.74, 6) is -0.454. The van der Waals surface area contributed by atoms with Crippen molar-refractivity contribution in [1.82, 2.24) is 0 Å². The van der Waals surface area contributed by atoms with Crippen LogP contribution >= 0.6 is 0 Å². The molecule has 0 aromatic heterocycles. The highest BCUT2D eigenvalue weighted by molar-refractivity contribution is 6.18. The quantitative estimate of drug-likeness (QED) is 0.804. The van der Waals surface area contributed by atoms with Gasteiger partial charge >= 0.3 is 0 Å². The molecule has 0 aliphatic rings. The summed E-state index contributed by atoms with van der Waals surface area (Å²) in [6.07, 6.45) is 1.63. The van der Waals surface area contributed by atoms with Gasteiger partial charge in [0.05, 0.1) is 5.57 Å². The highest BCUT2D eigenvalue weighted by Crippen LogP contribution is 2.14. The van der Waals surface area contributed by atoms with Crippen molar-refractivity contribution in [2.24, 2.45) is 5.73 Å². The van der Waals surface area contributed by atoms with E-state index < -0.39 is 5.91 Å². The highest BCUT2D eigenvalue weighted by atomic mass is 16.1. The smallest absolute Gasteiger partial charge is 0.250 e. The van der Waals surface area contributed by atoms with Crippen molar-refractivity contribution >= 4 is 17.2 Å². The third-order valence-corrected chi connectivity index (χ3v) is 2.51. The van der Waals surface area contributed by atoms with Crippen LogP contribution < -0.4 is 11.1 Å². The first kappa shape index (κ1) is 11.9. The first-order valence-corrected chi connectivity index (χ1v) is 5.64. The van der Waals surface area contributed by atoms with Crippen molar-refractivity contribution in [1.29, 1.82) is 0 Å². The number of hydrogen-bond donors (Lipinski definition) is 2. The Labute approximate surface area is 106 Å². The molecule has 2 aromatic rings. The first-order chi connectivity index (χ1) is 8.77. The van der Waals surface area contributed by atoms with Crippen molar-refractivity contribution in [3.8, 4) is 0 Å². The number of rotatable bonds is 4. The Bertz CT molecular complexity index is 547. The zero-order chi connectivity index (χ0) is 12.8. The molecule has 0 unspecified atom stereocenters. The van der Waals surface area contributed by atoms with Crippen LogP contribution in [0.1, 0.15) is 5.56 Å². The normalized spacial score (nSPS) is 11.0. The molecule has 0 radical (unpaired) electrons. The number of carbonyl (C=O) groups is 1. The second-order valence-corrected chi connectivity index (χ2v) is 3.80. The number of para-hydroxylation sites is 1. The standard InChI is InChI=1S/C15H14N2O/c16-15(18)14(12-7-3-1-4-8-12)11-17-13-9-5-2-6-10-13/h1-11,17H,(H2,16,18). The molecule has 3 heteroatoms. The molecule has 2 rings (SSSR count). The Balaban J connectivity index is 2.24. The Morgan fingerprint density at radius 3 is 2.06 bits per heavy atom. The third kappa shape index (κ3) is 2.98. The fourth-order valence-corrected chi connectivity index (χ4v) is 1.60. The number of benzene rings is 2. The van der Waals surface area contributed by atoms with Gasteiger partial charge in [0, 0.05) is 11.9 Å². The molecule has 0 atom stereocenters. The van der Waals surface area contributed by atoms with Gasteiger partial charge in [-0.05, 0) is 17.7 Å². The minimum absolute atomic E-state index is 0.454. The molecule has 18 heavy (non-hydrogen) atoms. The lowest BCUT2D eigenvalue weighted by atomic mass is 10.1. The molecule has 0 heterocycles. The molecule has 0 bridgehead atoms. The van der Waals surface area contributed by atoms with Gasteiger partial charge in [-0.25, -0.2) is 0 Å². The number of carbonyl (C=O) groups excluding carboxylic acids is 1. The van der Waals surface area contributed by atoms with Crippen LogP contribution in [0.4, 0.5) is 5.69 Å². The lowest BCUT2D eigenvalue weighted by molar-refractivity contribution is -0.112. The number of anilines is 1. The van der Waals surface area contributed by atoms with E-state index in [1.807, 2.05) is 60.7 Å². The van der Waals surface area contributed by atoms with Crippen LogP contribution in [0.25, 0.3) is 5.57 Å². The van der Waals surface area contributed by atoms with Crippen LogP contribution in [0.15, 0.2) is 66.9 Å². The predicted molar refractivity (Wildman–Crippen MR) is 73.7 cm³/mol. The average molecular weight is 238 g/mol. The Hall–Kier alpha value is -2.55. The molecule has 0 fully saturated rings. The SMILES string of the molecule is NC(=O)C(=CNc1ccccc1)c1ccccc1. The largest absolute Gasteiger partial charge is 0.366 e. The van der Waals surface area contributed by atoms with Crippen LogP contribution in [-0.4, -0.2) is 5.91 Å². The summed E-state index contributed by atoms with van der Waals surface area (Å²) in [4.78, 5) is 11.4. The fraction of sp³-hybridized carbons (Fsp3) is 0. The Morgan fingerprint density at radius 2 is 1.50 bits per heavy atom. The van der Waals surface area contributed by atoms with Gasteiger partial charge in [0.15, 0.2) is 0 Å². The summed E-state index contributed by atoms with van der Waals surface area (Å²) in [5, 5.41) is 3.06. The number of primary amides is 1. The van der Waals surface area contributed by atoms with E-state index in [1.165, 1.54) is 0 Å². The molecule has 0 aliphatic heterocycles. The summed E-state index contributed by atoms with van der Waals surface area (Å²) in [7, 11) is 0. The van der Waals surface area contributed by atoms with Gasteiger partial charge in [-0.2, -0.15) is 0 Å². The maximum atomic E-state index is 11.4. The number of amides is 1. The summed E-state index contributed by atoms with van der Waals surface area (Å²) in [6.45, 7) is 0. The van der Waals surface area contributed by atoms with Gasteiger partial charge in [-0.3, -0.25) is 4.79 Å². The maximum Gasteiger partial charge on any atom is 0.250 e. The number of nitrogens with two attached hydrogens (primary N) is 1. The average Bonchev–Trinajstić information content (AvgIpc) is 2.41. The second kappa shape index (κ2) is 5.68. The summed E-state index contributed by atoms with van der Waals surface area (Å²) < 4.78 is 0. The molecule has 2 aromatic carbocycles. The van der Waals surface area contributed by atoms with Gasteiger partial charge < -0.3 is 11.1 Å². The minimum Gasteiger partial charge on any atom is -0.366 e. The summed E-state index contributed by atoms with van der Waals surface area (Å²) >= 11 is 0. The van der Waals surface area contributed by atoms with Crippen molar-refractivity contribution in [2.75, 3.05) is 5.32 Å². The molecule has 90 valence electrons. The monoisotopic (exact) mass is 238 g/mol. The van der Waals surface area contributed by atoms with Crippen molar-refractivity contribution in [3.63, 3.8) is 0 Å². The van der Waals surface area contributed by atoms with E-state index in [1.54, 1.807) is 6.20 Å². The van der Waals surface area contributed by atoms with Crippen molar-refractivity contribution < 1.29 is 4.79 Å². The molecular weight excluding hydrogens is 224 g/mol. The van der Waals surface area contributed by atoms with Crippen LogP contribution in [0.3, 0.4) is 0 Å². The first-order valence-electron chi connectivity index (χ1n) is 5.64. The van der Waals surface area contributed by atoms with E-state index in [0.717, 1.165) is 11.3 Å². The van der Waals surface area contributed by atoms with E-state index in [2.05, 4.69) is 5.32 Å².